The highest BCUT2D eigenvalue weighted by molar-refractivity contribution is 5.70. The molecule has 0 spiro atoms. The minimum absolute atomic E-state index is 0.0350. The summed E-state index contributed by atoms with van der Waals surface area (Å²) in [5, 5.41) is 20.0. The Morgan fingerprint density at radius 2 is 1.59 bits per heavy atom. The van der Waals surface area contributed by atoms with Gasteiger partial charge in [0.05, 0.1) is 25.6 Å². The molecule has 166 valence electrons. The number of nitro benzene ring substituents is 1. The van der Waals surface area contributed by atoms with E-state index in [0.29, 0.717) is 30.2 Å². The van der Waals surface area contributed by atoms with Crippen molar-refractivity contribution < 1.29 is 24.3 Å². The van der Waals surface area contributed by atoms with E-state index in [1.54, 1.807) is 38.5 Å². The van der Waals surface area contributed by atoms with Crippen LogP contribution in [0.3, 0.4) is 0 Å². The molecule has 0 aliphatic carbocycles. The van der Waals surface area contributed by atoms with E-state index in [1.807, 2.05) is 30.3 Å². The zero-order chi connectivity index (χ0) is 23.1. The van der Waals surface area contributed by atoms with Crippen molar-refractivity contribution in [3.05, 3.63) is 93.5 Å². The normalized spacial score (nSPS) is 10.4. The number of rotatable bonds is 10. The molecule has 0 amide bonds. The molecule has 0 radical (unpaired) electrons. The maximum atomic E-state index is 11.0. The summed E-state index contributed by atoms with van der Waals surface area (Å²) in [7, 11) is 3.17. The van der Waals surface area contributed by atoms with Gasteiger partial charge in [-0.2, -0.15) is 0 Å². The number of ether oxygens (including phenoxy) is 2. The topological polar surface area (TPSA) is 102 Å². The number of benzene rings is 3. The highest BCUT2D eigenvalue weighted by Crippen LogP contribution is 2.33. The number of nitrogens with zero attached hydrogens (tertiary/aromatic N) is 2. The van der Waals surface area contributed by atoms with Gasteiger partial charge in [-0.1, -0.05) is 36.4 Å². The predicted octanol–water partition coefficient (Wildman–Crippen LogP) is 4.45. The number of carbonyl (C=O) groups is 1. The third-order valence-corrected chi connectivity index (χ3v) is 5.02. The van der Waals surface area contributed by atoms with E-state index in [0.717, 1.165) is 16.8 Å². The predicted molar refractivity (Wildman–Crippen MR) is 120 cm³/mol. The average Bonchev–Trinajstić information content (AvgIpc) is 2.79. The lowest BCUT2D eigenvalue weighted by Crippen LogP contribution is -2.22. The Hall–Kier alpha value is -4.07. The molecule has 0 saturated carbocycles. The summed E-state index contributed by atoms with van der Waals surface area (Å²) in [4.78, 5) is 23.6. The van der Waals surface area contributed by atoms with Gasteiger partial charge in [-0.05, 0) is 29.3 Å². The lowest BCUT2D eigenvalue weighted by atomic mass is 10.1. The zero-order valence-corrected chi connectivity index (χ0v) is 17.9. The molecule has 0 aromatic heterocycles. The highest BCUT2D eigenvalue weighted by atomic mass is 16.6. The van der Waals surface area contributed by atoms with Crippen LogP contribution in [-0.4, -0.2) is 30.2 Å². The molecular weight excluding hydrogens is 412 g/mol. The van der Waals surface area contributed by atoms with Gasteiger partial charge in [0.2, 0.25) is 0 Å². The van der Waals surface area contributed by atoms with E-state index in [4.69, 9.17) is 14.6 Å². The molecule has 0 saturated heterocycles. The minimum atomic E-state index is -0.887. The van der Waals surface area contributed by atoms with E-state index < -0.39 is 10.9 Å². The fraction of sp³-hybridized carbons (Fsp3) is 0.208. The van der Waals surface area contributed by atoms with Crippen LogP contribution in [0.15, 0.2) is 66.7 Å². The maximum absolute atomic E-state index is 11.0. The molecule has 3 aromatic rings. The average molecular weight is 436 g/mol. The number of methoxy groups -OCH3 is 2. The van der Waals surface area contributed by atoms with E-state index in [-0.39, 0.29) is 12.1 Å². The van der Waals surface area contributed by atoms with Gasteiger partial charge in [-0.25, -0.2) is 0 Å². The van der Waals surface area contributed by atoms with Crippen molar-refractivity contribution in [1.29, 1.82) is 0 Å². The summed E-state index contributed by atoms with van der Waals surface area (Å²) in [6.07, 6.45) is -0.0493. The summed E-state index contributed by atoms with van der Waals surface area (Å²) in [6, 6.07) is 19.4. The molecule has 0 aliphatic heterocycles. The fourth-order valence-electron chi connectivity index (χ4n) is 3.47. The zero-order valence-electron chi connectivity index (χ0n) is 17.9. The van der Waals surface area contributed by atoms with Crippen molar-refractivity contribution in [3.8, 4) is 11.5 Å². The third kappa shape index (κ3) is 5.54. The second-order valence-corrected chi connectivity index (χ2v) is 7.17. The Bertz CT molecular complexity index is 1080. The molecule has 32 heavy (non-hydrogen) atoms. The standard InChI is InChI=1S/C24H24N2O6/c1-31-22-5-3-4-19(24(22)32-2)16-25(15-18-8-12-21(13-9-18)26(29)30)20-10-6-17(7-11-20)14-23(27)28/h3-13H,14-16H2,1-2H3,(H,27,28). The van der Waals surface area contributed by atoms with Crippen molar-refractivity contribution in [1.82, 2.24) is 0 Å². The summed E-state index contributed by atoms with van der Waals surface area (Å²) in [5.41, 5.74) is 3.42. The molecule has 3 rings (SSSR count). The van der Waals surface area contributed by atoms with Crippen LogP contribution in [0.2, 0.25) is 0 Å². The Morgan fingerprint density at radius 3 is 2.16 bits per heavy atom. The van der Waals surface area contributed by atoms with Gasteiger partial charge in [-0.15, -0.1) is 0 Å². The lowest BCUT2D eigenvalue weighted by Gasteiger charge is -2.26. The summed E-state index contributed by atoms with van der Waals surface area (Å²) in [5.74, 6) is 0.366. The molecule has 1 N–H and O–H groups in total. The molecule has 0 atom stereocenters. The van der Waals surface area contributed by atoms with Crippen LogP contribution in [0.1, 0.15) is 16.7 Å². The van der Waals surface area contributed by atoms with E-state index in [2.05, 4.69) is 4.90 Å². The fourth-order valence-corrected chi connectivity index (χ4v) is 3.47. The van der Waals surface area contributed by atoms with Crippen LogP contribution in [0.25, 0.3) is 0 Å². The van der Waals surface area contributed by atoms with Crippen LogP contribution in [-0.2, 0) is 24.3 Å². The van der Waals surface area contributed by atoms with Crippen molar-refractivity contribution in [2.24, 2.45) is 0 Å². The number of carboxylic acids is 1. The van der Waals surface area contributed by atoms with Crippen LogP contribution in [0.4, 0.5) is 11.4 Å². The number of hydrogen-bond acceptors (Lipinski definition) is 6. The first-order valence-electron chi connectivity index (χ1n) is 9.90. The van der Waals surface area contributed by atoms with Crippen molar-refractivity contribution in [2.75, 3.05) is 19.1 Å². The van der Waals surface area contributed by atoms with Crippen molar-refractivity contribution in [2.45, 2.75) is 19.5 Å². The van der Waals surface area contributed by atoms with Crippen molar-refractivity contribution in [3.63, 3.8) is 0 Å². The van der Waals surface area contributed by atoms with Gasteiger partial charge in [0.1, 0.15) is 0 Å². The number of nitro groups is 1. The molecule has 3 aromatic carbocycles. The van der Waals surface area contributed by atoms with Crippen LogP contribution < -0.4 is 14.4 Å². The molecule has 0 unspecified atom stereocenters. The van der Waals surface area contributed by atoms with Gasteiger partial charge in [0.25, 0.3) is 5.69 Å². The molecular formula is C24H24N2O6. The molecule has 0 aliphatic rings. The minimum Gasteiger partial charge on any atom is -0.493 e. The number of aliphatic carboxylic acids is 1. The first-order valence-corrected chi connectivity index (χ1v) is 9.90. The second kappa shape index (κ2) is 10.3. The largest absolute Gasteiger partial charge is 0.493 e. The molecule has 0 heterocycles. The molecule has 0 bridgehead atoms. The summed E-state index contributed by atoms with van der Waals surface area (Å²) in [6.45, 7) is 0.965. The SMILES string of the molecule is COc1cccc(CN(Cc2ccc([N+](=O)[O-])cc2)c2ccc(CC(=O)O)cc2)c1OC. The van der Waals surface area contributed by atoms with Crippen LogP contribution in [0.5, 0.6) is 11.5 Å². The Balaban J connectivity index is 1.94. The van der Waals surface area contributed by atoms with Gasteiger partial charge in [-0.3, -0.25) is 14.9 Å². The highest BCUT2D eigenvalue weighted by Gasteiger charge is 2.16. The molecule has 0 fully saturated rings. The van der Waals surface area contributed by atoms with Crippen LogP contribution in [0, 0.1) is 10.1 Å². The summed E-state index contributed by atoms with van der Waals surface area (Å²) >= 11 is 0. The first-order chi connectivity index (χ1) is 15.4. The maximum Gasteiger partial charge on any atom is 0.307 e. The first kappa shape index (κ1) is 22.6. The monoisotopic (exact) mass is 436 g/mol. The quantitative estimate of drug-likeness (QED) is 0.370. The second-order valence-electron chi connectivity index (χ2n) is 7.17. The third-order valence-electron chi connectivity index (χ3n) is 5.02. The molecule has 8 heteroatoms. The Kier molecular flexibility index (Phi) is 7.28. The number of para-hydroxylation sites is 1. The van der Waals surface area contributed by atoms with E-state index >= 15 is 0 Å². The lowest BCUT2D eigenvalue weighted by molar-refractivity contribution is -0.384. The van der Waals surface area contributed by atoms with Gasteiger partial charge in [0, 0.05) is 36.5 Å². The number of anilines is 1. The number of carboxylic acid groups (broad SMARTS) is 1. The number of hydrogen-bond donors (Lipinski definition) is 1. The van der Waals surface area contributed by atoms with E-state index in [1.165, 1.54) is 12.1 Å². The smallest absolute Gasteiger partial charge is 0.307 e. The van der Waals surface area contributed by atoms with Gasteiger partial charge in [0.15, 0.2) is 11.5 Å². The van der Waals surface area contributed by atoms with Gasteiger partial charge < -0.3 is 19.5 Å². The van der Waals surface area contributed by atoms with Crippen LogP contribution >= 0.6 is 0 Å². The Morgan fingerprint density at radius 1 is 0.938 bits per heavy atom. The number of non-ortho nitro benzene ring substituents is 1. The van der Waals surface area contributed by atoms with E-state index in [9.17, 15) is 14.9 Å². The van der Waals surface area contributed by atoms with Crippen molar-refractivity contribution >= 4 is 17.3 Å². The Labute approximate surface area is 185 Å². The van der Waals surface area contributed by atoms with Gasteiger partial charge >= 0.3 is 5.97 Å². The molecule has 8 nitrogen and oxygen atoms in total. The summed E-state index contributed by atoms with van der Waals surface area (Å²) < 4.78 is 11.0.